The van der Waals surface area contributed by atoms with Gasteiger partial charge in [0, 0.05) is 51.5 Å². The van der Waals surface area contributed by atoms with Crippen LogP contribution < -0.4 is 0 Å². The first-order valence-corrected chi connectivity index (χ1v) is 21.0. The SMILES string of the molecule is c1ccc(-c2ccc(-c3c4ccccc4c(-c4ccc(-c5c6ccccc6c(-c6ccc(-c7ccccc7)s6)c6ccccc56)s4)c4ccccc34)s2)cc1. The quantitative estimate of drug-likeness (QED) is 0.148. The van der Waals surface area contributed by atoms with Crippen molar-refractivity contribution in [3.63, 3.8) is 0 Å². The van der Waals surface area contributed by atoms with Gasteiger partial charge in [0.1, 0.15) is 0 Å². The molecular weight excluding hydrogens is 721 g/mol. The summed E-state index contributed by atoms with van der Waals surface area (Å²) in [7, 11) is 0. The van der Waals surface area contributed by atoms with E-state index in [1.54, 1.807) is 0 Å². The molecule has 258 valence electrons. The Morgan fingerprint density at radius 3 is 0.636 bits per heavy atom. The van der Waals surface area contributed by atoms with E-state index in [0.717, 1.165) is 0 Å². The first kappa shape index (κ1) is 32.3. The van der Waals surface area contributed by atoms with E-state index in [2.05, 4.69) is 194 Å². The molecule has 8 aromatic carbocycles. The third-order valence-electron chi connectivity index (χ3n) is 10.8. The standard InChI is InChI=1S/C52H32S3/c1-3-15-33(16-4-1)43-27-29-45(53-43)49-35-19-7-11-23-39(35)51(40-24-12-8-20-36(40)49)47-31-32-48(55-47)52-41-25-13-9-21-37(41)50(38-22-10-14-26-42(38)52)46-30-28-44(54-46)34-17-5-2-6-18-34/h1-32H. The minimum atomic E-state index is 1.26. The molecule has 0 atom stereocenters. The van der Waals surface area contributed by atoms with Crippen molar-refractivity contribution in [2.75, 3.05) is 0 Å². The van der Waals surface area contributed by atoms with E-state index in [4.69, 9.17) is 0 Å². The zero-order valence-corrected chi connectivity index (χ0v) is 32.1. The van der Waals surface area contributed by atoms with Gasteiger partial charge in [-0.15, -0.1) is 34.0 Å². The van der Waals surface area contributed by atoms with E-state index in [-0.39, 0.29) is 0 Å². The van der Waals surface area contributed by atoms with Gasteiger partial charge in [0.2, 0.25) is 0 Å². The molecule has 3 heteroatoms. The van der Waals surface area contributed by atoms with Gasteiger partial charge >= 0.3 is 0 Å². The van der Waals surface area contributed by atoms with Gasteiger partial charge in [-0.25, -0.2) is 0 Å². The zero-order chi connectivity index (χ0) is 36.3. The van der Waals surface area contributed by atoms with Gasteiger partial charge in [-0.1, -0.05) is 158 Å². The lowest BCUT2D eigenvalue weighted by Crippen LogP contribution is -1.88. The Labute approximate surface area is 331 Å². The second-order valence-corrected chi connectivity index (χ2v) is 17.2. The molecule has 0 fully saturated rings. The van der Waals surface area contributed by atoms with Crippen LogP contribution in [0, 0.1) is 0 Å². The Hall–Kier alpha value is -6.10. The molecule has 0 bridgehead atoms. The Balaban J connectivity index is 1.10. The Bertz CT molecular complexity index is 2870. The number of hydrogen-bond acceptors (Lipinski definition) is 3. The third-order valence-corrected chi connectivity index (χ3v) is 14.2. The molecule has 0 spiro atoms. The summed E-state index contributed by atoms with van der Waals surface area (Å²) in [4.78, 5) is 7.74. The van der Waals surface area contributed by atoms with Crippen molar-refractivity contribution in [3.05, 3.63) is 194 Å². The summed E-state index contributed by atoms with van der Waals surface area (Å²) in [5, 5.41) is 10.3. The van der Waals surface area contributed by atoms with E-state index in [1.165, 1.54) is 106 Å². The fourth-order valence-electron chi connectivity index (χ4n) is 8.38. The molecule has 0 saturated carbocycles. The average Bonchev–Trinajstić information content (AvgIpc) is 4.05. The normalized spacial score (nSPS) is 11.6. The van der Waals surface area contributed by atoms with Gasteiger partial charge in [-0.05, 0) is 90.6 Å². The van der Waals surface area contributed by atoms with Crippen molar-refractivity contribution in [2.45, 2.75) is 0 Å². The van der Waals surface area contributed by atoms with E-state index in [1.807, 2.05) is 34.0 Å². The van der Waals surface area contributed by atoms with Crippen molar-refractivity contribution < 1.29 is 0 Å². The molecule has 3 heterocycles. The molecule has 55 heavy (non-hydrogen) atoms. The van der Waals surface area contributed by atoms with Crippen molar-refractivity contribution in [2.24, 2.45) is 0 Å². The third kappa shape index (κ3) is 5.38. The van der Waals surface area contributed by atoms with E-state index in [0.29, 0.717) is 0 Å². The molecule has 0 radical (unpaired) electrons. The number of rotatable bonds is 6. The van der Waals surface area contributed by atoms with Crippen LogP contribution in [0.5, 0.6) is 0 Å². The summed E-state index contributed by atoms with van der Waals surface area (Å²) in [5.41, 5.74) is 7.77. The second-order valence-electron chi connectivity index (χ2n) is 13.9. The van der Waals surface area contributed by atoms with Crippen LogP contribution in [0.25, 0.3) is 106 Å². The highest BCUT2D eigenvalue weighted by atomic mass is 32.1. The first-order chi connectivity index (χ1) is 27.3. The predicted molar refractivity (Wildman–Crippen MR) is 243 cm³/mol. The van der Waals surface area contributed by atoms with Crippen molar-refractivity contribution in [1.82, 2.24) is 0 Å². The fourth-order valence-corrected chi connectivity index (χ4v) is 11.7. The van der Waals surface area contributed by atoms with Crippen molar-refractivity contribution >= 4 is 77.1 Å². The van der Waals surface area contributed by atoms with Gasteiger partial charge in [-0.2, -0.15) is 0 Å². The molecule has 0 amide bonds. The lowest BCUT2D eigenvalue weighted by atomic mass is 9.90. The van der Waals surface area contributed by atoms with Crippen molar-refractivity contribution in [3.8, 4) is 62.6 Å². The predicted octanol–water partition coefficient (Wildman–Crippen LogP) is 16.5. The maximum atomic E-state index is 2.36. The number of hydrogen-bond donors (Lipinski definition) is 0. The van der Waals surface area contributed by atoms with Crippen LogP contribution in [0.1, 0.15) is 0 Å². The highest BCUT2D eigenvalue weighted by Crippen LogP contribution is 2.51. The number of benzene rings is 8. The average molecular weight is 753 g/mol. The molecule has 0 nitrogen and oxygen atoms in total. The van der Waals surface area contributed by atoms with Gasteiger partial charge in [-0.3, -0.25) is 0 Å². The van der Waals surface area contributed by atoms with Gasteiger partial charge in [0.05, 0.1) is 0 Å². The monoisotopic (exact) mass is 752 g/mol. The molecule has 0 saturated heterocycles. The summed E-state index contributed by atoms with van der Waals surface area (Å²) in [5.74, 6) is 0. The molecule has 0 aliphatic carbocycles. The van der Waals surface area contributed by atoms with Crippen LogP contribution in [-0.2, 0) is 0 Å². The Kier molecular flexibility index (Phi) is 7.84. The minimum Gasteiger partial charge on any atom is -0.135 e. The van der Waals surface area contributed by atoms with Crippen LogP contribution in [-0.4, -0.2) is 0 Å². The molecular formula is C52H32S3. The Morgan fingerprint density at radius 1 is 0.182 bits per heavy atom. The molecule has 0 aliphatic heterocycles. The largest absolute Gasteiger partial charge is 0.135 e. The lowest BCUT2D eigenvalue weighted by molar-refractivity contribution is 1.70. The summed E-state index contributed by atoms with van der Waals surface area (Å²) < 4.78 is 0. The number of fused-ring (bicyclic) bond motifs is 4. The topological polar surface area (TPSA) is 0 Å². The lowest BCUT2D eigenvalue weighted by Gasteiger charge is -2.16. The molecule has 11 aromatic rings. The van der Waals surface area contributed by atoms with Gasteiger partial charge < -0.3 is 0 Å². The summed E-state index contributed by atoms with van der Waals surface area (Å²) in [6, 6.07) is 71.3. The van der Waals surface area contributed by atoms with Crippen LogP contribution in [0.3, 0.4) is 0 Å². The summed E-state index contributed by atoms with van der Waals surface area (Å²) >= 11 is 5.66. The molecule has 11 rings (SSSR count). The highest BCUT2D eigenvalue weighted by Gasteiger charge is 2.22. The fraction of sp³-hybridized carbons (Fsp3) is 0. The minimum absolute atomic E-state index is 1.26. The van der Waals surface area contributed by atoms with Gasteiger partial charge in [0.15, 0.2) is 0 Å². The maximum Gasteiger partial charge on any atom is 0.0361 e. The van der Waals surface area contributed by atoms with Crippen LogP contribution in [0.15, 0.2) is 194 Å². The van der Waals surface area contributed by atoms with Crippen molar-refractivity contribution in [1.29, 1.82) is 0 Å². The van der Waals surface area contributed by atoms with E-state index in [9.17, 15) is 0 Å². The molecule has 0 aliphatic rings. The summed E-state index contributed by atoms with van der Waals surface area (Å²) in [6.07, 6.45) is 0. The summed E-state index contributed by atoms with van der Waals surface area (Å²) in [6.45, 7) is 0. The molecule has 3 aromatic heterocycles. The molecule has 0 N–H and O–H groups in total. The highest BCUT2D eigenvalue weighted by molar-refractivity contribution is 7.20. The number of thiophene rings is 3. The zero-order valence-electron chi connectivity index (χ0n) is 29.7. The second kappa shape index (κ2) is 13.3. The smallest absolute Gasteiger partial charge is 0.0361 e. The van der Waals surface area contributed by atoms with E-state index < -0.39 is 0 Å². The first-order valence-electron chi connectivity index (χ1n) is 18.6. The maximum absolute atomic E-state index is 2.36. The van der Waals surface area contributed by atoms with E-state index >= 15 is 0 Å². The Morgan fingerprint density at radius 2 is 0.382 bits per heavy atom. The van der Waals surface area contributed by atoms with Crippen LogP contribution in [0.2, 0.25) is 0 Å². The van der Waals surface area contributed by atoms with Crippen LogP contribution >= 0.6 is 34.0 Å². The van der Waals surface area contributed by atoms with Gasteiger partial charge in [0.25, 0.3) is 0 Å². The molecule has 0 unspecified atom stereocenters. The van der Waals surface area contributed by atoms with Crippen LogP contribution in [0.4, 0.5) is 0 Å².